The normalized spacial score (nSPS) is 13.3. The van der Waals surface area contributed by atoms with Crippen molar-refractivity contribution in [2.45, 2.75) is 19.4 Å². The molecule has 1 aliphatic heterocycles. The van der Waals surface area contributed by atoms with Gasteiger partial charge in [-0.25, -0.2) is 10.0 Å². The van der Waals surface area contributed by atoms with Crippen LogP contribution in [0.1, 0.15) is 29.2 Å². The van der Waals surface area contributed by atoms with Gasteiger partial charge in [-0.1, -0.05) is 152 Å². The third-order valence-electron chi connectivity index (χ3n) is 11.8. The van der Waals surface area contributed by atoms with Crippen LogP contribution in [-0.2, 0) is 6.42 Å². The highest BCUT2D eigenvalue weighted by molar-refractivity contribution is 5.87. The predicted octanol–water partition coefficient (Wildman–Crippen LogP) is 15.0. The molecule has 0 saturated heterocycles. The van der Waals surface area contributed by atoms with Gasteiger partial charge in [-0.2, -0.15) is 15.3 Å². The van der Waals surface area contributed by atoms with Gasteiger partial charge in [0.25, 0.3) is 0 Å². The molecule has 0 spiro atoms. The second kappa shape index (κ2) is 19.9. The standard InChI is InChI=1S/C60H49N7/c1-46-40-52-18-14-15-31-60(52)65(46)61-43-49-36-38-54(39-37-49)64(53-21-6-2-7-22-53)58-29-16-19-50(41-58)51-20-17-30-59(42-51)67(57-27-12-5-13-28-57)63-45-48-34-32-47(33-35-48)44-62-66(55-23-8-3-9-24-55)56-25-10-4-11-26-56/h2-39,41-46H,40H2,1H3. The van der Waals surface area contributed by atoms with Crippen molar-refractivity contribution >= 4 is 64.1 Å². The highest BCUT2D eigenvalue weighted by atomic mass is 15.5. The first-order chi connectivity index (χ1) is 33.1. The molecule has 67 heavy (non-hydrogen) atoms. The van der Waals surface area contributed by atoms with Gasteiger partial charge in [-0.05, 0) is 138 Å². The Kier molecular flexibility index (Phi) is 12.5. The maximum absolute atomic E-state index is 5.08. The Morgan fingerprint density at radius 3 is 1.34 bits per heavy atom. The third-order valence-corrected chi connectivity index (χ3v) is 11.8. The molecule has 7 heteroatoms. The van der Waals surface area contributed by atoms with E-state index in [1.807, 2.05) is 83.3 Å². The number of rotatable bonds is 14. The van der Waals surface area contributed by atoms with Crippen molar-refractivity contribution in [3.63, 3.8) is 0 Å². The third kappa shape index (κ3) is 9.82. The monoisotopic (exact) mass is 867 g/mol. The van der Waals surface area contributed by atoms with E-state index >= 15 is 0 Å². The van der Waals surface area contributed by atoms with E-state index in [9.17, 15) is 0 Å². The molecule has 1 atom stereocenters. The van der Waals surface area contributed by atoms with E-state index in [-0.39, 0.29) is 0 Å². The molecular formula is C60H49N7. The van der Waals surface area contributed by atoms with E-state index in [1.54, 1.807) is 0 Å². The Hall–Kier alpha value is -8.81. The quantitative estimate of drug-likeness (QED) is 0.0807. The molecule has 7 nitrogen and oxygen atoms in total. The molecule has 0 saturated carbocycles. The van der Waals surface area contributed by atoms with Crippen molar-refractivity contribution in [1.82, 2.24) is 0 Å². The van der Waals surface area contributed by atoms with Crippen molar-refractivity contribution in [1.29, 1.82) is 0 Å². The lowest BCUT2D eigenvalue weighted by atomic mass is 10.0. The first-order valence-corrected chi connectivity index (χ1v) is 22.6. The largest absolute Gasteiger partial charge is 0.310 e. The van der Waals surface area contributed by atoms with Gasteiger partial charge < -0.3 is 4.90 Å². The fourth-order valence-corrected chi connectivity index (χ4v) is 8.42. The topological polar surface area (TPSA) is 50.0 Å². The van der Waals surface area contributed by atoms with Gasteiger partial charge in [-0.3, -0.25) is 5.01 Å². The fraction of sp³-hybridized carbons (Fsp3) is 0.0500. The first-order valence-electron chi connectivity index (χ1n) is 22.6. The highest BCUT2D eigenvalue weighted by Gasteiger charge is 2.25. The van der Waals surface area contributed by atoms with Crippen LogP contribution in [0, 0.1) is 0 Å². The molecule has 0 aliphatic carbocycles. The molecule has 0 N–H and O–H groups in total. The SMILES string of the molecule is CC1Cc2ccccc2N1N=Cc1ccc(N(c2ccccc2)c2cccc(-c3cccc(N(N=Cc4ccc(C=NN(c5ccccc5)c5ccccc5)cc4)c4ccccc4)c3)c2)cc1. The van der Waals surface area contributed by atoms with Crippen LogP contribution in [-0.4, -0.2) is 24.7 Å². The zero-order chi connectivity index (χ0) is 45.2. The maximum atomic E-state index is 5.08. The lowest BCUT2D eigenvalue weighted by Gasteiger charge is -2.26. The van der Waals surface area contributed by atoms with Crippen LogP contribution in [0.3, 0.4) is 0 Å². The Morgan fingerprint density at radius 1 is 0.388 bits per heavy atom. The molecule has 0 aromatic heterocycles. The van der Waals surface area contributed by atoms with Gasteiger partial charge in [0.2, 0.25) is 0 Å². The van der Waals surface area contributed by atoms with E-state index in [0.29, 0.717) is 6.04 Å². The number of benzene rings is 9. The van der Waals surface area contributed by atoms with Gasteiger partial charge >= 0.3 is 0 Å². The van der Waals surface area contributed by atoms with E-state index in [2.05, 4.69) is 205 Å². The number of hydrogen-bond donors (Lipinski definition) is 0. The van der Waals surface area contributed by atoms with Gasteiger partial charge in [0.15, 0.2) is 0 Å². The van der Waals surface area contributed by atoms with Gasteiger partial charge in [0, 0.05) is 17.1 Å². The summed E-state index contributed by atoms with van der Waals surface area (Å²) in [5.41, 5.74) is 14.8. The van der Waals surface area contributed by atoms with Gasteiger partial charge in [0.05, 0.1) is 53.1 Å². The van der Waals surface area contributed by atoms with E-state index in [4.69, 9.17) is 15.3 Å². The second-order valence-corrected chi connectivity index (χ2v) is 16.4. The number of anilines is 8. The summed E-state index contributed by atoms with van der Waals surface area (Å²) in [6.45, 7) is 2.22. The number of fused-ring (bicyclic) bond motifs is 1. The minimum Gasteiger partial charge on any atom is -0.310 e. The Labute approximate surface area is 393 Å². The van der Waals surface area contributed by atoms with Crippen LogP contribution < -0.4 is 19.9 Å². The number of hydrogen-bond acceptors (Lipinski definition) is 7. The minimum atomic E-state index is 0.317. The molecule has 1 unspecified atom stereocenters. The summed E-state index contributed by atoms with van der Waals surface area (Å²) < 4.78 is 0. The number of nitrogens with zero attached hydrogens (tertiary/aromatic N) is 7. The van der Waals surface area contributed by atoms with E-state index in [0.717, 1.165) is 74.0 Å². The summed E-state index contributed by atoms with van der Waals surface area (Å²) in [7, 11) is 0. The lowest BCUT2D eigenvalue weighted by molar-refractivity contribution is 0.700. The molecule has 0 bridgehead atoms. The predicted molar refractivity (Wildman–Crippen MR) is 281 cm³/mol. The molecule has 9 aromatic carbocycles. The lowest BCUT2D eigenvalue weighted by Crippen LogP contribution is -2.23. The molecule has 1 heterocycles. The zero-order valence-corrected chi connectivity index (χ0v) is 37.2. The van der Waals surface area contributed by atoms with Crippen LogP contribution in [0.2, 0.25) is 0 Å². The van der Waals surface area contributed by atoms with E-state index < -0.39 is 0 Å². The molecular weight excluding hydrogens is 819 g/mol. The average Bonchev–Trinajstić information content (AvgIpc) is 3.72. The van der Waals surface area contributed by atoms with Crippen LogP contribution in [0.4, 0.5) is 45.5 Å². The highest BCUT2D eigenvalue weighted by Crippen LogP contribution is 2.38. The Balaban J connectivity index is 0.900. The van der Waals surface area contributed by atoms with Crippen LogP contribution in [0.15, 0.2) is 258 Å². The molecule has 324 valence electrons. The van der Waals surface area contributed by atoms with Crippen LogP contribution >= 0.6 is 0 Å². The van der Waals surface area contributed by atoms with Crippen molar-refractivity contribution in [3.05, 3.63) is 265 Å². The van der Waals surface area contributed by atoms with Crippen molar-refractivity contribution in [2.24, 2.45) is 15.3 Å². The average molecular weight is 868 g/mol. The fourth-order valence-electron chi connectivity index (χ4n) is 8.42. The molecule has 0 amide bonds. The summed E-state index contributed by atoms with van der Waals surface area (Å²) in [4.78, 5) is 2.30. The van der Waals surface area contributed by atoms with Crippen molar-refractivity contribution in [3.8, 4) is 11.1 Å². The smallest absolute Gasteiger partial charge is 0.0658 e. The van der Waals surface area contributed by atoms with E-state index in [1.165, 1.54) is 11.3 Å². The van der Waals surface area contributed by atoms with Crippen LogP contribution in [0.25, 0.3) is 11.1 Å². The second-order valence-electron chi connectivity index (χ2n) is 16.4. The van der Waals surface area contributed by atoms with Crippen molar-refractivity contribution in [2.75, 3.05) is 19.9 Å². The van der Waals surface area contributed by atoms with Crippen molar-refractivity contribution < 1.29 is 0 Å². The Bertz CT molecular complexity index is 3080. The summed E-state index contributed by atoms with van der Waals surface area (Å²) >= 11 is 0. The summed E-state index contributed by atoms with van der Waals surface area (Å²) in [5.74, 6) is 0. The molecule has 1 aliphatic rings. The first kappa shape index (κ1) is 42.2. The maximum Gasteiger partial charge on any atom is 0.0658 e. The minimum absolute atomic E-state index is 0.317. The molecule has 10 rings (SSSR count). The van der Waals surface area contributed by atoms with Crippen LogP contribution in [0.5, 0.6) is 0 Å². The zero-order valence-electron chi connectivity index (χ0n) is 37.2. The molecule has 9 aromatic rings. The summed E-state index contributed by atoms with van der Waals surface area (Å²) in [5, 5.41) is 21.0. The number of para-hydroxylation sites is 5. The Morgan fingerprint density at radius 2 is 0.791 bits per heavy atom. The summed E-state index contributed by atoms with van der Waals surface area (Å²) in [6.07, 6.45) is 6.76. The summed E-state index contributed by atoms with van der Waals surface area (Å²) in [6, 6.07) is 84.2. The molecule has 0 radical (unpaired) electrons. The molecule has 0 fully saturated rings. The van der Waals surface area contributed by atoms with Gasteiger partial charge in [0.1, 0.15) is 0 Å². The number of hydrazone groups is 3. The van der Waals surface area contributed by atoms with Gasteiger partial charge in [-0.15, -0.1) is 0 Å².